The number of anilines is 1. The van der Waals surface area contributed by atoms with Crippen LogP contribution in [-0.2, 0) is 19.6 Å². The maximum atomic E-state index is 13.7. The second kappa shape index (κ2) is 11.8. The van der Waals surface area contributed by atoms with E-state index in [2.05, 4.69) is 9.71 Å². The molecule has 1 saturated heterocycles. The second-order valence-corrected chi connectivity index (χ2v) is 11.3. The summed E-state index contributed by atoms with van der Waals surface area (Å²) in [5.41, 5.74) is 11.6. The van der Waals surface area contributed by atoms with Crippen LogP contribution >= 0.6 is 0 Å². The third-order valence-corrected chi connectivity index (χ3v) is 8.13. The number of likely N-dealkylation sites (tertiary alicyclic amines) is 1. The number of carbonyl (C=O) groups excluding carboxylic acids is 1. The molecule has 0 saturated carbocycles. The number of nitrogens with two attached hydrogens (primary N) is 2. The summed E-state index contributed by atoms with van der Waals surface area (Å²) in [6.07, 6.45) is 1.37. The predicted molar refractivity (Wildman–Crippen MR) is 144 cm³/mol. The van der Waals surface area contributed by atoms with Crippen molar-refractivity contribution in [2.24, 2.45) is 22.4 Å². The van der Waals surface area contributed by atoms with Gasteiger partial charge in [0.1, 0.15) is 12.1 Å². The van der Waals surface area contributed by atoms with E-state index in [1.54, 1.807) is 18.2 Å². The fraction of sp³-hybridized carbons (Fsp3) is 0.480. The number of carbonyl (C=O) groups is 2. The molecule has 1 aliphatic heterocycles. The molecule has 2 aromatic rings. The highest BCUT2D eigenvalue weighted by molar-refractivity contribution is 7.89. The summed E-state index contributed by atoms with van der Waals surface area (Å²) in [4.78, 5) is 32.7. The number of amides is 1. The minimum absolute atomic E-state index is 0.0396. The van der Waals surface area contributed by atoms with Crippen LogP contribution in [-0.4, -0.2) is 75.5 Å². The van der Waals surface area contributed by atoms with Crippen molar-refractivity contribution in [1.29, 1.82) is 0 Å². The van der Waals surface area contributed by atoms with Gasteiger partial charge in [-0.1, -0.05) is 31.2 Å². The van der Waals surface area contributed by atoms with Gasteiger partial charge in [-0.05, 0) is 43.7 Å². The van der Waals surface area contributed by atoms with Crippen molar-refractivity contribution in [2.75, 3.05) is 32.1 Å². The number of piperidine rings is 1. The van der Waals surface area contributed by atoms with Crippen molar-refractivity contribution in [3.05, 3.63) is 36.4 Å². The molecule has 0 radical (unpaired) electrons. The van der Waals surface area contributed by atoms with Crippen molar-refractivity contribution < 1.29 is 23.1 Å². The molecule has 2 aromatic carbocycles. The molecule has 3 atom stereocenters. The fourth-order valence-corrected chi connectivity index (χ4v) is 6.16. The Hall–Kier alpha value is -3.38. The monoisotopic (exact) mass is 532 g/mol. The summed E-state index contributed by atoms with van der Waals surface area (Å²) in [7, 11) is -0.417. The molecule has 1 aliphatic rings. The van der Waals surface area contributed by atoms with E-state index >= 15 is 0 Å². The number of guanidine groups is 1. The van der Waals surface area contributed by atoms with Gasteiger partial charge in [-0.3, -0.25) is 9.79 Å². The molecule has 12 heteroatoms. The average Bonchev–Trinajstić information content (AvgIpc) is 2.84. The molecule has 1 heterocycles. The first-order valence-corrected chi connectivity index (χ1v) is 13.7. The second-order valence-electron chi connectivity index (χ2n) is 9.66. The number of nitrogens with one attached hydrogen (secondary N) is 1. The smallest absolute Gasteiger partial charge is 0.326 e. The lowest BCUT2D eigenvalue weighted by Gasteiger charge is -2.38. The predicted octanol–water partition coefficient (Wildman–Crippen LogP) is 1.32. The van der Waals surface area contributed by atoms with Crippen LogP contribution in [0.25, 0.3) is 10.8 Å². The van der Waals surface area contributed by atoms with E-state index in [4.69, 9.17) is 11.5 Å². The van der Waals surface area contributed by atoms with Crippen molar-refractivity contribution >= 4 is 44.3 Å². The Morgan fingerprint density at radius 3 is 2.51 bits per heavy atom. The SMILES string of the molecule is C[C@@H]1CCN(C(=O)[C@H](CCCN=C(N)N)NS(=O)(=O)c2cccc3c(N(C)C)cccc23)[C@@H](C(=O)O)C1. The van der Waals surface area contributed by atoms with Crippen molar-refractivity contribution in [3.8, 4) is 0 Å². The summed E-state index contributed by atoms with van der Waals surface area (Å²) in [5, 5.41) is 11.0. The van der Waals surface area contributed by atoms with Gasteiger partial charge in [0.25, 0.3) is 0 Å². The van der Waals surface area contributed by atoms with Gasteiger partial charge in [-0.25, -0.2) is 13.2 Å². The molecule has 0 bridgehead atoms. The van der Waals surface area contributed by atoms with Crippen LogP contribution in [0.1, 0.15) is 32.6 Å². The number of aliphatic imine (C=N–C) groups is 1. The maximum absolute atomic E-state index is 13.7. The van der Waals surface area contributed by atoms with Gasteiger partial charge in [-0.2, -0.15) is 4.72 Å². The Balaban J connectivity index is 1.97. The van der Waals surface area contributed by atoms with E-state index in [0.717, 1.165) is 11.1 Å². The van der Waals surface area contributed by atoms with Crippen LogP contribution < -0.4 is 21.1 Å². The number of aliphatic carboxylic acids is 1. The lowest BCUT2D eigenvalue weighted by atomic mass is 9.91. The molecule has 0 spiro atoms. The van der Waals surface area contributed by atoms with Gasteiger partial charge < -0.3 is 26.4 Å². The van der Waals surface area contributed by atoms with Gasteiger partial charge in [0, 0.05) is 43.6 Å². The third kappa shape index (κ3) is 6.69. The van der Waals surface area contributed by atoms with Crippen molar-refractivity contribution in [2.45, 2.75) is 49.6 Å². The number of nitrogens with zero attached hydrogens (tertiary/aromatic N) is 3. The van der Waals surface area contributed by atoms with E-state index in [1.807, 2.05) is 38.1 Å². The topological polar surface area (TPSA) is 171 Å². The Morgan fingerprint density at radius 2 is 1.86 bits per heavy atom. The molecule has 0 aliphatic carbocycles. The van der Waals surface area contributed by atoms with E-state index in [9.17, 15) is 23.1 Å². The number of hydrogen-bond acceptors (Lipinski definition) is 6. The Kier molecular flexibility index (Phi) is 8.98. The van der Waals surface area contributed by atoms with E-state index in [1.165, 1.54) is 11.0 Å². The Bertz CT molecular complexity index is 1280. The first-order valence-electron chi connectivity index (χ1n) is 12.2. The maximum Gasteiger partial charge on any atom is 0.326 e. The highest BCUT2D eigenvalue weighted by Gasteiger charge is 2.38. The summed E-state index contributed by atoms with van der Waals surface area (Å²) in [6.45, 7) is 2.38. The molecule has 37 heavy (non-hydrogen) atoms. The highest BCUT2D eigenvalue weighted by Crippen LogP contribution is 2.31. The minimum atomic E-state index is -4.16. The quantitative estimate of drug-likeness (QED) is 0.201. The van der Waals surface area contributed by atoms with Crippen LogP contribution in [0.2, 0.25) is 0 Å². The molecular formula is C25H36N6O5S. The standard InChI is InChI=1S/C25H36N6O5S/c1-16-12-14-31(21(15-16)24(33)34)23(32)19(9-6-13-28-25(26)27)29-37(35,36)22-11-5-7-17-18(22)8-4-10-20(17)30(2)3/h4-5,7-8,10-11,16,19,21,29H,6,9,12-15H2,1-3H3,(H,33,34)(H4,26,27,28)/t16-,19+,21-/m1/s1. The summed E-state index contributed by atoms with van der Waals surface area (Å²) < 4.78 is 29.9. The number of carboxylic acid groups (broad SMARTS) is 1. The molecule has 1 fully saturated rings. The molecule has 0 aromatic heterocycles. The van der Waals surface area contributed by atoms with Crippen LogP contribution in [0.15, 0.2) is 46.3 Å². The molecule has 1 amide bonds. The number of hydrogen-bond donors (Lipinski definition) is 4. The van der Waals surface area contributed by atoms with E-state index < -0.39 is 34.0 Å². The number of rotatable bonds is 10. The first kappa shape index (κ1) is 28.2. The summed E-state index contributed by atoms with van der Waals surface area (Å²) >= 11 is 0. The normalized spacial score (nSPS) is 18.8. The zero-order valence-electron chi connectivity index (χ0n) is 21.4. The van der Waals surface area contributed by atoms with Gasteiger partial charge in [-0.15, -0.1) is 0 Å². The molecule has 11 nitrogen and oxygen atoms in total. The molecule has 6 N–H and O–H groups in total. The summed E-state index contributed by atoms with van der Waals surface area (Å²) in [6, 6.07) is 8.20. The average molecular weight is 533 g/mol. The summed E-state index contributed by atoms with van der Waals surface area (Å²) in [5.74, 6) is -1.63. The Labute approximate surface area is 217 Å². The van der Waals surface area contributed by atoms with Crippen LogP contribution in [0.4, 0.5) is 5.69 Å². The van der Waals surface area contributed by atoms with E-state index in [0.29, 0.717) is 24.6 Å². The molecule has 202 valence electrons. The van der Waals surface area contributed by atoms with Crippen molar-refractivity contribution in [1.82, 2.24) is 9.62 Å². The van der Waals surface area contributed by atoms with Crippen LogP contribution in [0.5, 0.6) is 0 Å². The van der Waals surface area contributed by atoms with Crippen molar-refractivity contribution in [3.63, 3.8) is 0 Å². The molecule has 3 rings (SSSR count). The number of sulfonamides is 1. The van der Waals surface area contributed by atoms with Crippen LogP contribution in [0.3, 0.4) is 0 Å². The number of fused-ring (bicyclic) bond motifs is 1. The zero-order valence-corrected chi connectivity index (χ0v) is 22.2. The van der Waals surface area contributed by atoms with Gasteiger partial charge in [0.2, 0.25) is 15.9 Å². The first-order chi connectivity index (χ1) is 17.4. The number of carboxylic acids is 1. The Morgan fingerprint density at radius 1 is 1.19 bits per heavy atom. The van der Waals surface area contributed by atoms with Gasteiger partial charge in [0.15, 0.2) is 5.96 Å². The highest BCUT2D eigenvalue weighted by atomic mass is 32.2. The zero-order chi connectivity index (χ0) is 27.3. The largest absolute Gasteiger partial charge is 0.480 e. The fourth-order valence-electron chi connectivity index (χ4n) is 4.72. The van der Waals surface area contributed by atoms with E-state index in [-0.39, 0.29) is 36.3 Å². The third-order valence-electron chi connectivity index (χ3n) is 6.60. The van der Waals surface area contributed by atoms with Gasteiger partial charge >= 0.3 is 5.97 Å². The van der Waals surface area contributed by atoms with Gasteiger partial charge in [0.05, 0.1) is 4.90 Å². The molecular weight excluding hydrogens is 496 g/mol. The lowest BCUT2D eigenvalue weighted by Crippen LogP contribution is -2.56. The van der Waals surface area contributed by atoms with Crippen LogP contribution in [0, 0.1) is 5.92 Å². The lowest BCUT2D eigenvalue weighted by molar-refractivity contribution is -0.153. The number of benzene rings is 2. The minimum Gasteiger partial charge on any atom is -0.480 e. The molecule has 0 unspecified atom stereocenters.